The molecule has 93 heavy (non-hydrogen) atoms. The molecule has 1 N–H and O–H groups in total. The maximum absolute atomic E-state index is 13.0. The molecule has 9 nitrogen and oxygen atoms in total. The van der Waals surface area contributed by atoms with Gasteiger partial charge in [0.25, 0.3) is 6.29 Å². The largest absolute Gasteiger partial charge is 0.477 e. The summed E-state index contributed by atoms with van der Waals surface area (Å²) < 4.78 is 23.0. The molecular weight excluding hydrogens is 1150 g/mol. The second-order valence-electron chi connectivity index (χ2n) is 28.7. The molecule has 0 aliphatic rings. The van der Waals surface area contributed by atoms with Crippen LogP contribution in [0.3, 0.4) is 0 Å². The maximum Gasteiger partial charge on any atom is 0.361 e. The summed E-state index contributed by atoms with van der Waals surface area (Å²) in [6, 6.07) is 0. The van der Waals surface area contributed by atoms with Crippen LogP contribution in [0.25, 0.3) is 0 Å². The number of carbonyl (C=O) groups excluding carboxylic acids is 2. The van der Waals surface area contributed by atoms with Crippen LogP contribution in [0.4, 0.5) is 0 Å². The molecule has 0 aliphatic carbocycles. The lowest BCUT2D eigenvalue weighted by Gasteiger charge is -2.25. The standard InChI is InChI=1S/C84H155NO8/c1-6-8-10-12-14-16-18-20-22-24-26-28-30-32-34-35-36-37-38-39-40-41-42-43-44-45-46-47-49-50-52-54-56-58-60-62-64-66-68-70-72-74-81(86)91-78-80(79-92-84(83(88)89)90-77-76-85(3,4)5)93-82(87)75-73-71-69-67-65-63-61-59-57-55-53-51-48-33-31-29-27-25-23-21-19-17-15-13-11-9-7-2/h18-21,24-27,31,33,80,84H,6-17,22-23,28-30,32,34-79H2,1-5H3/p+1/b20-18-,21-19-,26-24-,27-25-,33-31-. The van der Waals surface area contributed by atoms with Gasteiger partial charge in [0.05, 0.1) is 34.4 Å². The quantitative estimate of drug-likeness (QED) is 0.0211. The molecule has 0 heterocycles. The predicted molar refractivity (Wildman–Crippen MR) is 401 cm³/mol. The fourth-order valence-electron chi connectivity index (χ4n) is 12.1. The van der Waals surface area contributed by atoms with Gasteiger partial charge in [0, 0.05) is 12.8 Å². The Morgan fingerprint density at radius 2 is 0.581 bits per heavy atom. The van der Waals surface area contributed by atoms with E-state index in [1.54, 1.807) is 0 Å². The summed E-state index contributed by atoms with van der Waals surface area (Å²) in [7, 11) is 5.99. The van der Waals surface area contributed by atoms with E-state index in [0.717, 1.165) is 57.8 Å². The van der Waals surface area contributed by atoms with E-state index in [2.05, 4.69) is 74.6 Å². The Balaban J connectivity index is 3.94. The molecule has 0 saturated carbocycles. The van der Waals surface area contributed by atoms with Gasteiger partial charge in [0.15, 0.2) is 6.10 Å². The molecule has 0 aromatic rings. The summed E-state index contributed by atoms with van der Waals surface area (Å²) >= 11 is 0. The number of hydrogen-bond acceptors (Lipinski definition) is 7. The summed E-state index contributed by atoms with van der Waals surface area (Å²) in [6.07, 6.45) is 96.7. The van der Waals surface area contributed by atoms with Crippen molar-refractivity contribution in [1.29, 1.82) is 0 Å². The van der Waals surface area contributed by atoms with Gasteiger partial charge in [0.2, 0.25) is 0 Å². The van der Waals surface area contributed by atoms with Crippen LogP contribution in [0.15, 0.2) is 60.8 Å². The van der Waals surface area contributed by atoms with Crippen molar-refractivity contribution in [2.24, 2.45) is 0 Å². The Hall–Kier alpha value is -3.01. The normalized spacial score (nSPS) is 12.9. The molecule has 0 radical (unpaired) electrons. The maximum atomic E-state index is 13.0. The first-order valence-electron chi connectivity index (χ1n) is 40.5. The number of carbonyl (C=O) groups is 3. The van der Waals surface area contributed by atoms with Crippen LogP contribution in [-0.2, 0) is 33.3 Å². The van der Waals surface area contributed by atoms with Crippen LogP contribution in [0.2, 0.25) is 0 Å². The Bertz CT molecular complexity index is 1710. The van der Waals surface area contributed by atoms with E-state index in [1.807, 2.05) is 21.1 Å². The van der Waals surface area contributed by atoms with Crippen LogP contribution in [-0.4, -0.2) is 87.4 Å². The van der Waals surface area contributed by atoms with Gasteiger partial charge in [-0.2, -0.15) is 0 Å². The number of nitrogens with zero attached hydrogens (tertiary/aromatic N) is 1. The highest BCUT2D eigenvalue weighted by Gasteiger charge is 2.25. The highest BCUT2D eigenvalue weighted by molar-refractivity contribution is 5.71. The van der Waals surface area contributed by atoms with Crippen LogP contribution in [0.1, 0.15) is 399 Å². The molecule has 0 aliphatic heterocycles. The van der Waals surface area contributed by atoms with E-state index >= 15 is 0 Å². The van der Waals surface area contributed by atoms with Gasteiger partial charge in [-0.15, -0.1) is 0 Å². The van der Waals surface area contributed by atoms with Crippen LogP contribution >= 0.6 is 0 Å². The molecule has 544 valence electrons. The third kappa shape index (κ3) is 76.2. The van der Waals surface area contributed by atoms with Gasteiger partial charge >= 0.3 is 17.9 Å². The molecule has 9 heteroatoms. The minimum atomic E-state index is -1.51. The lowest BCUT2D eigenvalue weighted by molar-refractivity contribution is -0.870. The minimum absolute atomic E-state index is 0.179. The summed E-state index contributed by atoms with van der Waals surface area (Å²) in [5.41, 5.74) is 0. The highest BCUT2D eigenvalue weighted by atomic mass is 16.7. The monoisotopic (exact) mass is 1310 g/mol. The first kappa shape index (κ1) is 90.0. The second kappa shape index (κ2) is 74.8. The predicted octanol–water partition coefficient (Wildman–Crippen LogP) is 25.8. The van der Waals surface area contributed by atoms with Crippen molar-refractivity contribution >= 4 is 17.9 Å². The van der Waals surface area contributed by atoms with Crippen molar-refractivity contribution < 1.29 is 42.9 Å². The zero-order valence-corrected chi connectivity index (χ0v) is 62.4. The number of quaternary nitrogens is 1. The number of esters is 2. The van der Waals surface area contributed by atoms with E-state index in [-0.39, 0.29) is 38.2 Å². The van der Waals surface area contributed by atoms with E-state index in [4.69, 9.17) is 18.9 Å². The highest BCUT2D eigenvalue weighted by Crippen LogP contribution is 2.19. The third-order valence-electron chi connectivity index (χ3n) is 18.2. The molecular formula is C84H156NO8+. The van der Waals surface area contributed by atoms with Gasteiger partial charge in [0.1, 0.15) is 13.2 Å². The molecule has 2 unspecified atom stereocenters. The van der Waals surface area contributed by atoms with E-state index in [9.17, 15) is 19.5 Å². The number of carboxylic acid groups (broad SMARTS) is 1. The molecule has 0 fully saturated rings. The Kier molecular flexibility index (Phi) is 72.4. The molecule has 0 aromatic carbocycles. The SMILES string of the molecule is CCCCCCC/C=C\C/C=C\C/C=C\CCCCCCCCCCCCCCC(=O)OC(COC(=O)CCCCCCCCCCCCCCCCCCCCCCCCCCCCCCC/C=C\C/C=C\CCCCCCC)COC(OCC[N+](C)(C)C)C(=O)O. The second-order valence-corrected chi connectivity index (χ2v) is 28.7. The number of hydrogen-bond donors (Lipinski definition) is 1. The molecule has 0 rings (SSSR count). The fourth-order valence-corrected chi connectivity index (χ4v) is 12.1. The van der Waals surface area contributed by atoms with Gasteiger partial charge < -0.3 is 28.5 Å². The average Bonchev–Trinajstić information content (AvgIpc) is 3.38. The summed E-state index contributed by atoms with van der Waals surface area (Å²) in [6.45, 7) is 4.91. The summed E-state index contributed by atoms with van der Waals surface area (Å²) in [4.78, 5) is 37.7. The van der Waals surface area contributed by atoms with Gasteiger partial charge in [-0.25, -0.2) is 4.79 Å². The average molecular weight is 1310 g/mol. The third-order valence-corrected chi connectivity index (χ3v) is 18.2. The minimum Gasteiger partial charge on any atom is -0.477 e. The number of unbranched alkanes of at least 4 members (excludes halogenated alkanes) is 51. The zero-order chi connectivity index (χ0) is 67.5. The lowest BCUT2D eigenvalue weighted by Crippen LogP contribution is -2.40. The number of rotatable bonds is 76. The molecule has 0 bridgehead atoms. The molecule has 0 saturated heterocycles. The van der Waals surface area contributed by atoms with Crippen LogP contribution < -0.4 is 0 Å². The number of likely N-dealkylation sites (N-methyl/N-ethyl adjacent to an activating group) is 1. The molecule has 0 amide bonds. The topological polar surface area (TPSA) is 108 Å². The fraction of sp³-hybridized carbons (Fsp3) is 0.845. The first-order chi connectivity index (χ1) is 45.6. The van der Waals surface area contributed by atoms with E-state index in [0.29, 0.717) is 17.4 Å². The van der Waals surface area contributed by atoms with Crippen LogP contribution in [0.5, 0.6) is 0 Å². The summed E-state index contributed by atoms with van der Waals surface area (Å²) in [5.74, 6) is -1.98. The Labute approximate surface area is 577 Å². The van der Waals surface area contributed by atoms with Crippen molar-refractivity contribution in [1.82, 2.24) is 0 Å². The lowest BCUT2D eigenvalue weighted by atomic mass is 10.0. The number of ether oxygens (including phenoxy) is 4. The van der Waals surface area contributed by atoms with E-state index in [1.165, 1.54) is 315 Å². The first-order valence-corrected chi connectivity index (χ1v) is 40.5. The number of aliphatic carboxylic acids is 1. The Morgan fingerprint density at radius 1 is 0.323 bits per heavy atom. The van der Waals surface area contributed by atoms with Gasteiger partial charge in [-0.1, -0.05) is 364 Å². The van der Waals surface area contributed by atoms with Crippen molar-refractivity contribution in [3.63, 3.8) is 0 Å². The zero-order valence-electron chi connectivity index (χ0n) is 62.4. The number of carboxylic acids is 1. The van der Waals surface area contributed by atoms with Crippen molar-refractivity contribution in [3.05, 3.63) is 60.8 Å². The van der Waals surface area contributed by atoms with Gasteiger partial charge in [-0.3, -0.25) is 9.59 Å². The van der Waals surface area contributed by atoms with E-state index < -0.39 is 18.4 Å². The Morgan fingerprint density at radius 3 is 0.860 bits per heavy atom. The summed E-state index contributed by atoms with van der Waals surface area (Å²) in [5, 5.41) is 9.77. The van der Waals surface area contributed by atoms with Crippen molar-refractivity contribution in [3.8, 4) is 0 Å². The number of allylic oxidation sites excluding steroid dienone is 10. The van der Waals surface area contributed by atoms with Crippen LogP contribution in [0, 0.1) is 0 Å². The smallest absolute Gasteiger partial charge is 0.361 e. The molecule has 2 atom stereocenters. The van der Waals surface area contributed by atoms with Gasteiger partial charge in [-0.05, 0) is 83.5 Å². The molecule has 0 aromatic heterocycles. The molecule has 0 spiro atoms. The van der Waals surface area contributed by atoms with Crippen molar-refractivity contribution in [2.75, 3.05) is 47.5 Å². The van der Waals surface area contributed by atoms with Crippen molar-refractivity contribution in [2.45, 2.75) is 411 Å².